The van der Waals surface area contributed by atoms with E-state index >= 15 is 0 Å². The van der Waals surface area contributed by atoms with Crippen LogP contribution in [0, 0.1) is 0 Å². The van der Waals surface area contributed by atoms with Crippen molar-refractivity contribution < 1.29 is 5.11 Å². The van der Waals surface area contributed by atoms with Gasteiger partial charge in [0.25, 0.3) is 0 Å². The molecular formula is C19H32ClNO. The summed E-state index contributed by atoms with van der Waals surface area (Å²) in [6.07, 6.45) is 3.68. The van der Waals surface area contributed by atoms with E-state index in [0.29, 0.717) is 5.75 Å². The van der Waals surface area contributed by atoms with Crippen LogP contribution in [0.4, 0.5) is 0 Å². The Hall–Kier alpha value is -0.990. The third-order valence-electron chi connectivity index (χ3n) is 3.86. The monoisotopic (exact) mass is 325 g/mol. The second-order valence-electron chi connectivity index (χ2n) is 7.94. The molecular weight excluding hydrogens is 294 g/mol. The van der Waals surface area contributed by atoms with Crippen LogP contribution >= 0.6 is 12.4 Å². The average Bonchev–Trinajstić information content (AvgIpc) is 2.33. The highest BCUT2D eigenvalue weighted by Crippen LogP contribution is 2.40. The first-order valence-corrected chi connectivity index (χ1v) is 7.73. The first kappa shape index (κ1) is 21.0. The van der Waals surface area contributed by atoms with Crippen molar-refractivity contribution in [3.05, 3.63) is 41.5 Å². The normalized spacial score (nSPS) is 13.4. The zero-order valence-electron chi connectivity index (χ0n) is 14.9. The van der Waals surface area contributed by atoms with Gasteiger partial charge in [0.15, 0.2) is 0 Å². The molecule has 126 valence electrons. The lowest BCUT2D eigenvalue weighted by atomic mass is 9.77. The van der Waals surface area contributed by atoms with Gasteiger partial charge in [-0.3, -0.25) is 0 Å². The van der Waals surface area contributed by atoms with Crippen molar-refractivity contribution in [2.75, 3.05) is 0 Å². The molecule has 1 aromatic carbocycles. The number of hydrogen-bond donors (Lipinski definition) is 2. The van der Waals surface area contributed by atoms with Crippen LogP contribution in [0.5, 0.6) is 5.75 Å². The zero-order valence-corrected chi connectivity index (χ0v) is 15.7. The van der Waals surface area contributed by atoms with Gasteiger partial charge >= 0.3 is 0 Å². The number of phenols is 1. The second kappa shape index (κ2) is 7.52. The van der Waals surface area contributed by atoms with Crippen LogP contribution in [0.25, 0.3) is 0 Å². The predicted molar refractivity (Wildman–Crippen MR) is 99.1 cm³/mol. The lowest BCUT2D eigenvalue weighted by Crippen LogP contribution is -2.20. The molecule has 0 aliphatic heterocycles. The number of rotatable bonds is 4. The van der Waals surface area contributed by atoms with E-state index < -0.39 is 0 Å². The highest BCUT2D eigenvalue weighted by atomic mass is 35.5. The highest BCUT2D eigenvalue weighted by Gasteiger charge is 2.27. The maximum Gasteiger partial charge on any atom is 0.123 e. The average molecular weight is 326 g/mol. The SMILES string of the molecule is C=CCC[C@@H](N)c1cc(C(C)(C)C)c(O)c(C(C)(C)C)c1.Cl. The van der Waals surface area contributed by atoms with Gasteiger partial charge in [0.2, 0.25) is 0 Å². The topological polar surface area (TPSA) is 46.2 Å². The lowest BCUT2D eigenvalue weighted by molar-refractivity contribution is 0.422. The lowest BCUT2D eigenvalue weighted by Gasteiger charge is -2.29. The molecule has 3 N–H and O–H groups in total. The summed E-state index contributed by atoms with van der Waals surface area (Å²) in [6, 6.07) is 4.11. The Morgan fingerprint density at radius 3 is 1.82 bits per heavy atom. The number of benzene rings is 1. The smallest absolute Gasteiger partial charge is 0.123 e. The first-order chi connectivity index (χ1) is 9.48. The Labute approximate surface area is 142 Å². The molecule has 0 fully saturated rings. The molecule has 0 aliphatic carbocycles. The summed E-state index contributed by atoms with van der Waals surface area (Å²) >= 11 is 0. The van der Waals surface area contributed by atoms with Gasteiger partial charge in [0, 0.05) is 6.04 Å². The third-order valence-corrected chi connectivity index (χ3v) is 3.86. The van der Waals surface area contributed by atoms with Gasteiger partial charge in [-0.2, -0.15) is 0 Å². The van der Waals surface area contributed by atoms with Crippen LogP contribution < -0.4 is 5.73 Å². The van der Waals surface area contributed by atoms with Crippen molar-refractivity contribution in [3.63, 3.8) is 0 Å². The number of allylic oxidation sites excluding steroid dienone is 1. The molecule has 0 unspecified atom stereocenters. The number of aromatic hydroxyl groups is 1. The minimum Gasteiger partial charge on any atom is -0.507 e. The van der Waals surface area contributed by atoms with Gasteiger partial charge in [0.1, 0.15) is 5.75 Å². The van der Waals surface area contributed by atoms with Gasteiger partial charge in [0.05, 0.1) is 0 Å². The Bertz CT molecular complexity index is 474. The molecule has 1 rings (SSSR count). The van der Waals surface area contributed by atoms with Crippen molar-refractivity contribution >= 4 is 12.4 Å². The molecule has 0 saturated carbocycles. The standard InChI is InChI=1S/C19H31NO.ClH/c1-8-9-10-16(20)13-11-14(18(2,3)4)17(21)15(12-13)19(5,6)7;/h8,11-12,16,21H,1,9-10,20H2,2-7H3;1H/t16-;/m1./s1. The molecule has 0 radical (unpaired) electrons. The molecule has 2 nitrogen and oxygen atoms in total. The van der Waals surface area contributed by atoms with Crippen molar-refractivity contribution in [3.8, 4) is 5.75 Å². The van der Waals surface area contributed by atoms with Crippen molar-refractivity contribution in [2.24, 2.45) is 5.73 Å². The number of hydrogen-bond acceptors (Lipinski definition) is 2. The molecule has 0 bridgehead atoms. The predicted octanol–water partition coefficient (Wildman–Crippen LogP) is 5.38. The van der Waals surface area contributed by atoms with Crippen LogP contribution in [0.1, 0.15) is 77.1 Å². The largest absolute Gasteiger partial charge is 0.507 e. The first-order valence-electron chi connectivity index (χ1n) is 7.73. The molecule has 0 heterocycles. The van der Waals surface area contributed by atoms with Crippen LogP contribution in [0.3, 0.4) is 0 Å². The molecule has 0 amide bonds. The Kier molecular flexibility index (Phi) is 7.18. The van der Waals surface area contributed by atoms with Crippen molar-refractivity contribution in [2.45, 2.75) is 71.3 Å². The Morgan fingerprint density at radius 2 is 1.50 bits per heavy atom. The fourth-order valence-corrected chi connectivity index (χ4v) is 2.48. The molecule has 3 heteroatoms. The van der Waals surface area contributed by atoms with E-state index in [0.717, 1.165) is 29.5 Å². The van der Waals surface area contributed by atoms with E-state index in [1.807, 2.05) is 6.08 Å². The van der Waals surface area contributed by atoms with E-state index in [9.17, 15) is 5.11 Å². The van der Waals surface area contributed by atoms with Crippen LogP contribution in [-0.2, 0) is 10.8 Å². The summed E-state index contributed by atoms with van der Waals surface area (Å²) in [4.78, 5) is 0. The summed E-state index contributed by atoms with van der Waals surface area (Å²) < 4.78 is 0. The molecule has 0 spiro atoms. The van der Waals surface area contributed by atoms with Crippen LogP contribution in [-0.4, -0.2) is 5.11 Å². The molecule has 0 aliphatic rings. The summed E-state index contributed by atoms with van der Waals surface area (Å²) in [5, 5.41) is 10.7. The third kappa shape index (κ3) is 5.03. The van der Waals surface area contributed by atoms with Crippen LogP contribution in [0.2, 0.25) is 0 Å². The molecule has 1 atom stereocenters. The quantitative estimate of drug-likeness (QED) is 0.730. The van der Waals surface area contributed by atoms with Crippen molar-refractivity contribution in [1.29, 1.82) is 0 Å². The second-order valence-corrected chi connectivity index (χ2v) is 7.94. The minimum absolute atomic E-state index is 0. The summed E-state index contributed by atoms with van der Waals surface area (Å²) in [6.45, 7) is 16.5. The van der Waals surface area contributed by atoms with Gasteiger partial charge in [-0.15, -0.1) is 19.0 Å². The summed E-state index contributed by atoms with van der Waals surface area (Å²) in [5.74, 6) is 0.412. The van der Waals surface area contributed by atoms with Gasteiger partial charge < -0.3 is 10.8 Å². The van der Waals surface area contributed by atoms with Crippen molar-refractivity contribution in [1.82, 2.24) is 0 Å². The minimum atomic E-state index is -0.113. The Balaban J connectivity index is 0.00000441. The van der Waals surface area contributed by atoms with Gasteiger partial charge in [-0.1, -0.05) is 59.8 Å². The number of phenolic OH excluding ortho intramolecular Hbond substituents is 1. The maximum absolute atomic E-state index is 10.7. The maximum atomic E-state index is 10.7. The van der Waals surface area contributed by atoms with E-state index in [1.165, 1.54) is 0 Å². The fourth-order valence-electron chi connectivity index (χ4n) is 2.48. The highest BCUT2D eigenvalue weighted by molar-refractivity contribution is 5.85. The molecule has 0 saturated heterocycles. The van der Waals surface area contributed by atoms with E-state index in [1.54, 1.807) is 0 Å². The summed E-state index contributed by atoms with van der Waals surface area (Å²) in [5.41, 5.74) is 9.14. The molecule has 0 aromatic heterocycles. The fraction of sp³-hybridized carbons (Fsp3) is 0.579. The van der Waals surface area contributed by atoms with Gasteiger partial charge in [-0.05, 0) is 40.4 Å². The van der Waals surface area contributed by atoms with Crippen LogP contribution in [0.15, 0.2) is 24.8 Å². The summed E-state index contributed by atoms with van der Waals surface area (Å²) in [7, 11) is 0. The number of nitrogens with two attached hydrogens (primary N) is 1. The number of halogens is 1. The van der Waals surface area contributed by atoms with E-state index in [4.69, 9.17) is 5.73 Å². The Morgan fingerprint density at radius 1 is 1.09 bits per heavy atom. The zero-order chi connectivity index (χ0) is 16.4. The molecule has 22 heavy (non-hydrogen) atoms. The van der Waals surface area contributed by atoms with E-state index in [2.05, 4.69) is 60.3 Å². The van der Waals surface area contributed by atoms with E-state index in [-0.39, 0.29) is 29.3 Å². The van der Waals surface area contributed by atoms with Gasteiger partial charge in [-0.25, -0.2) is 0 Å². The molecule has 1 aromatic rings.